The Hall–Kier alpha value is -4.47. The van der Waals surface area contributed by atoms with Crippen molar-refractivity contribution >= 4 is 28.5 Å². The van der Waals surface area contributed by atoms with E-state index in [0.717, 1.165) is 21.3 Å². The Morgan fingerprint density at radius 3 is 2.52 bits per heavy atom. The van der Waals surface area contributed by atoms with Crippen molar-refractivity contribution in [1.82, 2.24) is 28.1 Å². The van der Waals surface area contributed by atoms with Gasteiger partial charge in [0.1, 0.15) is 23.7 Å². The third kappa shape index (κ3) is 3.23. The van der Waals surface area contributed by atoms with Crippen LogP contribution in [-0.2, 0) is 25.4 Å². The minimum Gasteiger partial charge on any atom is -0.315 e. The lowest BCUT2D eigenvalue weighted by Gasteiger charge is -2.10. The predicted molar refractivity (Wildman–Crippen MR) is 124 cm³/mol. The van der Waals surface area contributed by atoms with Crippen molar-refractivity contribution in [3.05, 3.63) is 81.4 Å². The molecule has 0 bridgehead atoms. The van der Waals surface area contributed by atoms with E-state index in [2.05, 4.69) is 10.3 Å². The van der Waals surface area contributed by atoms with Crippen molar-refractivity contribution in [3.63, 3.8) is 0 Å². The molecule has 0 atom stereocenters. The van der Waals surface area contributed by atoms with E-state index >= 15 is 0 Å². The van der Waals surface area contributed by atoms with E-state index in [9.17, 15) is 14.4 Å². The summed E-state index contributed by atoms with van der Waals surface area (Å²) in [6.07, 6.45) is 3.23. The largest absolute Gasteiger partial charge is 0.332 e. The maximum Gasteiger partial charge on any atom is 0.332 e. The van der Waals surface area contributed by atoms with Gasteiger partial charge in [0.05, 0.1) is 6.33 Å². The highest BCUT2D eigenvalue weighted by molar-refractivity contribution is 5.95. The minimum absolute atomic E-state index is 0.156. The van der Waals surface area contributed by atoms with Crippen LogP contribution in [0, 0.1) is 6.92 Å². The second-order valence-electron chi connectivity index (χ2n) is 7.86. The summed E-state index contributed by atoms with van der Waals surface area (Å²) in [5.74, 6) is 0.181. The monoisotopic (exact) mass is 443 g/mol. The molecule has 1 N–H and O–H groups in total. The van der Waals surface area contributed by atoms with E-state index in [1.807, 2.05) is 60.0 Å². The lowest BCUT2D eigenvalue weighted by Crippen LogP contribution is -2.37. The van der Waals surface area contributed by atoms with Crippen molar-refractivity contribution in [3.8, 4) is 11.3 Å². The second-order valence-corrected chi connectivity index (χ2v) is 7.86. The lowest BCUT2D eigenvalue weighted by atomic mass is 10.1. The fourth-order valence-electron chi connectivity index (χ4n) is 3.96. The van der Waals surface area contributed by atoms with Crippen molar-refractivity contribution in [2.75, 3.05) is 5.32 Å². The van der Waals surface area contributed by atoms with Crippen molar-refractivity contribution < 1.29 is 4.79 Å². The van der Waals surface area contributed by atoms with Crippen molar-refractivity contribution in [1.29, 1.82) is 0 Å². The molecule has 0 aliphatic heterocycles. The molecule has 5 rings (SSSR count). The first-order chi connectivity index (χ1) is 15.9. The zero-order valence-corrected chi connectivity index (χ0v) is 18.3. The maximum absolute atomic E-state index is 13.1. The van der Waals surface area contributed by atoms with E-state index in [0.29, 0.717) is 11.5 Å². The van der Waals surface area contributed by atoms with E-state index in [1.165, 1.54) is 29.6 Å². The zero-order valence-electron chi connectivity index (χ0n) is 18.3. The number of rotatable bonds is 4. The summed E-state index contributed by atoms with van der Waals surface area (Å²) in [6.45, 7) is 1.80. The summed E-state index contributed by atoms with van der Waals surface area (Å²) < 4.78 is 5.57. The van der Waals surface area contributed by atoms with Crippen LogP contribution in [-0.4, -0.2) is 34.0 Å². The molecule has 1 aromatic carbocycles. The van der Waals surface area contributed by atoms with Gasteiger partial charge in [0.15, 0.2) is 11.2 Å². The maximum atomic E-state index is 13.1. The topological polar surface area (TPSA) is 108 Å². The van der Waals surface area contributed by atoms with Crippen LogP contribution in [0.15, 0.2) is 64.6 Å². The molecule has 33 heavy (non-hydrogen) atoms. The highest BCUT2D eigenvalue weighted by Gasteiger charge is 2.20. The van der Waals surface area contributed by atoms with Gasteiger partial charge >= 0.3 is 5.69 Å². The molecule has 0 saturated carbocycles. The molecule has 0 spiro atoms. The van der Waals surface area contributed by atoms with Crippen LogP contribution < -0.4 is 16.6 Å². The summed E-state index contributed by atoms with van der Waals surface area (Å²) in [5.41, 5.74) is 2.66. The normalized spacial score (nSPS) is 11.4. The fraction of sp³-hybridized carbons (Fsp3) is 0.174. The highest BCUT2D eigenvalue weighted by atomic mass is 16.2. The van der Waals surface area contributed by atoms with Gasteiger partial charge in [-0.1, -0.05) is 36.4 Å². The third-order valence-corrected chi connectivity index (χ3v) is 5.68. The summed E-state index contributed by atoms with van der Waals surface area (Å²) in [6, 6.07) is 13.5. The second kappa shape index (κ2) is 7.59. The molecule has 5 aromatic rings. The number of amides is 1. The van der Waals surface area contributed by atoms with Gasteiger partial charge in [0.2, 0.25) is 5.91 Å². The number of hydrogen-bond acceptors (Lipinski definition) is 5. The molecule has 0 aliphatic carbocycles. The molecule has 0 saturated heterocycles. The number of benzene rings is 1. The molecule has 0 aliphatic rings. The highest BCUT2D eigenvalue weighted by Crippen LogP contribution is 2.29. The molecule has 4 aromatic heterocycles. The number of nitrogens with one attached hydrogen (secondary N) is 1. The standard InChI is InChI=1S/C23H21N7O3/c1-14-8-7-11-30-19(14)26-17(15-9-5-4-6-10-15)20(30)25-16(31)12-29-13-24-21-18(29)22(32)28(3)23(33)27(21)2/h4-11,13H,12H2,1-3H3,(H,25,31). The lowest BCUT2D eigenvalue weighted by molar-refractivity contribution is -0.116. The molecule has 10 heteroatoms. The Labute approximate surface area is 187 Å². The van der Waals surface area contributed by atoms with Gasteiger partial charge in [-0.25, -0.2) is 14.8 Å². The van der Waals surface area contributed by atoms with Gasteiger partial charge in [-0.3, -0.25) is 23.1 Å². The molecule has 0 radical (unpaired) electrons. The molecular weight excluding hydrogens is 422 g/mol. The molecule has 0 fully saturated rings. The van der Waals surface area contributed by atoms with Crippen LogP contribution in [0.3, 0.4) is 0 Å². The van der Waals surface area contributed by atoms with Crippen molar-refractivity contribution in [2.45, 2.75) is 13.5 Å². The Balaban J connectivity index is 1.57. The smallest absolute Gasteiger partial charge is 0.315 e. The number of aromatic nitrogens is 6. The van der Waals surface area contributed by atoms with Crippen molar-refractivity contribution in [2.24, 2.45) is 14.1 Å². The third-order valence-electron chi connectivity index (χ3n) is 5.68. The summed E-state index contributed by atoms with van der Waals surface area (Å²) in [7, 11) is 2.93. The first-order valence-electron chi connectivity index (χ1n) is 10.3. The number of carbonyl (C=O) groups is 1. The van der Waals surface area contributed by atoms with Gasteiger partial charge in [-0.15, -0.1) is 0 Å². The first-order valence-corrected chi connectivity index (χ1v) is 10.3. The fourth-order valence-corrected chi connectivity index (χ4v) is 3.96. The van der Waals surface area contributed by atoms with Gasteiger partial charge in [0.25, 0.3) is 5.56 Å². The van der Waals surface area contributed by atoms with Crippen LogP contribution in [0.5, 0.6) is 0 Å². The molecule has 0 unspecified atom stereocenters. The molecule has 4 heterocycles. The van der Waals surface area contributed by atoms with E-state index in [-0.39, 0.29) is 23.6 Å². The molecular formula is C23H21N7O3. The van der Waals surface area contributed by atoms with Gasteiger partial charge < -0.3 is 9.88 Å². The van der Waals surface area contributed by atoms with Crippen LogP contribution in [0.1, 0.15) is 5.56 Å². The average molecular weight is 443 g/mol. The quantitative estimate of drug-likeness (QED) is 0.455. The van der Waals surface area contributed by atoms with E-state index in [4.69, 9.17) is 4.98 Å². The van der Waals surface area contributed by atoms with E-state index in [1.54, 1.807) is 0 Å². The number of fused-ring (bicyclic) bond motifs is 2. The van der Waals surface area contributed by atoms with E-state index < -0.39 is 11.2 Å². The number of anilines is 1. The summed E-state index contributed by atoms with van der Waals surface area (Å²) >= 11 is 0. The number of hydrogen-bond donors (Lipinski definition) is 1. The minimum atomic E-state index is -0.506. The molecule has 10 nitrogen and oxygen atoms in total. The van der Waals surface area contributed by atoms with Crippen LogP contribution in [0.4, 0.5) is 5.82 Å². The van der Waals surface area contributed by atoms with Gasteiger partial charge in [-0.2, -0.15) is 0 Å². The van der Waals surface area contributed by atoms with Gasteiger partial charge in [-0.05, 0) is 18.6 Å². The Morgan fingerprint density at radius 1 is 1.00 bits per heavy atom. The number of imidazole rings is 2. The Kier molecular flexibility index (Phi) is 4.70. The summed E-state index contributed by atoms with van der Waals surface area (Å²) in [5, 5.41) is 2.96. The van der Waals surface area contributed by atoms with Crippen LogP contribution in [0.25, 0.3) is 28.1 Å². The Morgan fingerprint density at radius 2 is 1.76 bits per heavy atom. The molecule has 166 valence electrons. The number of nitrogens with zero attached hydrogens (tertiary/aromatic N) is 6. The zero-order chi connectivity index (χ0) is 23.3. The van der Waals surface area contributed by atoms with Crippen LogP contribution in [0.2, 0.25) is 0 Å². The van der Waals surface area contributed by atoms with Gasteiger partial charge in [0, 0.05) is 25.9 Å². The Bertz CT molecular complexity index is 1660. The molecule has 1 amide bonds. The first kappa shape index (κ1) is 20.4. The van der Waals surface area contributed by atoms with Crippen LogP contribution >= 0.6 is 0 Å². The number of aryl methyl sites for hydroxylation is 2. The average Bonchev–Trinajstić information content (AvgIpc) is 3.40. The number of carbonyl (C=O) groups excluding carboxylic acids is 1. The number of pyridine rings is 1. The predicted octanol–water partition coefficient (Wildman–Crippen LogP) is 1.70. The SMILES string of the molecule is Cc1cccn2c(NC(=O)Cn3cnc4c3c(=O)n(C)c(=O)n4C)c(-c3ccccc3)nc12. The summed E-state index contributed by atoms with van der Waals surface area (Å²) in [4.78, 5) is 46.9.